The van der Waals surface area contributed by atoms with Crippen LogP contribution in [0.15, 0.2) is 23.4 Å². The lowest BCUT2D eigenvalue weighted by molar-refractivity contribution is -0.278. The van der Waals surface area contributed by atoms with Gasteiger partial charge in [-0.1, -0.05) is 30.6 Å². The van der Waals surface area contributed by atoms with E-state index in [0.717, 1.165) is 19.4 Å². The summed E-state index contributed by atoms with van der Waals surface area (Å²) in [6, 6.07) is 4.31. The minimum atomic E-state index is -1.44. The molecule has 0 unspecified atom stereocenters. The molecule has 2 heterocycles. The summed E-state index contributed by atoms with van der Waals surface area (Å²) in [6.45, 7) is 10.6. The van der Waals surface area contributed by atoms with E-state index in [1.165, 1.54) is 13.8 Å². The van der Waals surface area contributed by atoms with Gasteiger partial charge in [-0.15, -0.1) is 0 Å². The average Bonchev–Trinajstić information content (AvgIpc) is 3.08. The summed E-state index contributed by atoms with van der Waals surface area (Å²) in [5.41, 5.74) is 2.15. The highest BCUT2D eigenvalue weighted by Gasteiger charge is 2.52. The van der Waals surface area contributed by atoms with Crippen molar-refractivity contribution in [2.24, 2.45) is 11.1 Å². The zero-order valence-electron chi connectivity index (χ0n) is 23.6. The number of carbonyl (C=O) groups excluding carboxylic acids is 5. The number of nitrogens with one attached hydrogen (secondary N) is 1. The highest BCUT2D eigenvalue weighted by Crippen LogP contribution is 2.32. The summed E-state index contributed by atoms with van der Waals surface area (Å²) in [6.07, 6.45) is -5.19. The molecule has 218 valence electrons. The van der Waals surface area contributed by atoms with Gasteiger partial charge in [-0.05, 0) is 25.0 Å². The molecule has 40 heavy (non-hydrogen) atoms. The molecule has 5 atom stereocenters. The Bertz CT molecular complexity index is 1200. The number of hydrogen-bond donors (Lipinski definition) is 1. The predicted octanol–water partition coefficient (Wildman–Crippen LogP) is 1.37. The first-order valence-electron chi connectivity index (χ1n) is 12.9. The summed E-state index contributed by atoms with van der Waals surface area (Å²) >= 11 is 0. The van der Waals surface area contributed by atoms with E-state index in [-0.39, 0.29) is 17.5 Å². The molecular weight excluding hydrogens is 526 g/mol. The van der Waals surface area contributed by atoms with Gasteiger partial charge >= 0.3 is 17.9 Å². The van der Waals surface area contributed by atoms with Crippen LogP contribution in [0.25, 0.3) is 0 Å². The molecule has 0 radical (unpaired) electrons. The van der Waals surface area contributed by atoms with Crippen LogP contribution in [-0.4, -0.2) is 79.2 Å². The molecule has 1 aromatic rings. The van der Waals surface area contributed by atoms with Crippen molar-refractivity contribution in [2.45, 2.75) is 79.1 Å². The van der Waals surface area contributed by atoms with Crippen LogP contribution in [0.3, 0.4) is 0 Å². The molecule has 0 bridgehead atoms. The van der Waals surface area contributed by atoms with E-state index < -0.39 is 61.1 Å². The Balaban J connectivity index is 2.03. The number of anilines is 1. The SMILES string of the molecule is CC(=O)N[C@@H]1[C@H](O/N=C2/C(=O)N(CC(C)C)c3ccc(C)cc32)O[C@H](COC(C)=O)[C@@H](OC(C)=O)[C@H]1OC(C)=O. The molecule has 2 amide bonds. The van der Waals surface area contributed by atoms with Gasteiger partial charge in [0, 0.05) is 39.8 Å². The first kappa shape index (κ1) is 30.5. The van der Waals surface area contributed by atoms with Crippen molar-refractivity contribution in [1.29, 1.82) is 0 Å². The van der Waals surface area contributed by atoms with Gasteiger partial charge < -0.3 is 34.0 Å². The molecular formula is C27H35N3O10. The Hall–Kier alpha value is -4.00. The van der Waals surface area contributed by atoms with Gasteiger partial charge in [0.05, 0.1) is 5.69 Å². The van der Waals surface area contributed by atoms with Gasteiger partial charge in [0.25, 0.3) is 12.2 Å². The lowest BCUT2D eigenvalue weighted by Gasteiger charge is -2.43. The summed E-state index contributed by atoms with van der Waals surface area (Å²) in [4.78, 5) is 68.3. The van der Waals surface area contributed by atoms with Gasteiger partial charge in [0.1, 0.15) is 18.8 Å². The Labute approximate surface area is 232 Å². The van der Waals surface area contributed by atoms with Crippen LogP contribution < -0.4 is 10.2 Å². The maximum Gasteiger partial charge on any atom is 0.303 e. The Kier molecular flexibility index (Phi) is 9.85. The van der Waals surface area contributed by atoms with Crippen LogP contribution in [0.1, 0.15) is 52.7 Å². The topological polar surface area (TPSA) is 159 Å². The Morgan fingerprint density at radius 1 is 1.02 bits per heavy atom. The number of esters is 3. The molecule has 3 rings (SSSR count). The highest BCUT2D eigenvalue weighted by atomic mass is 16.8. The first-order chi connectivity index (χ1) is 18.8. The Morgan fingerprint density at radius 3 is 2.25 bits per heavy atom. The van der Waals surface area contributed by atoms with Crippen LogP contribution in [0.2, 0.25) is 0 Å². The number of carbonyl (C=O) groups is 5. The lowest BCUT2D eigenvalue weighted by atomic mass is 9.96. The molecule has 1 fully saturated rings. The van der Waals surface area contributed by atoms with Crippen molar-refractivity contribution in [3.8, 4) is 0 Å². The van der Waals surface area contributed by atoms with Crippen LogP contribution >= 0.6 is 0 Å². The third-order valence-corrected chi connectivity index (χ3v) is 6.01. The molecule has 0 saturated carbocycles. The van der Waals surface area contributed by atoms with E-state index >= 15 is 0 Å². The number of hydrogen-bond acceptors (Lipinski definition) is 11. The zero-order valence-corrected chi connectivity index (χ0v) is 23.6. The fraction of sp³-hybridized carbons (Fsp3) is 0.556. The number of amides is 2. The van der Waals surface area contributed by atoms with E-state index in [1.807, 2.05) is 39.0 Å². The number of fused-ring (bicyclic) bond motifs is 1. The molecule has 13 nitrogen and oxygen atoms in total. The lowest BCUT2D eigenvalue weighted by Crippen LogP contribution is -2.66. The minimum Gasteiger partial charge on any atom is -0.463 e. The third kappa shape index (κ3) is 7.34. The molecule has 0 aromatic heterocycles. The second-order valence-electron chi connectivity index (χ2n) is 10.1. The number of aryl methyl sites for hydroxylation is 1. The van der Waals surface area contributed by atoms with Crippen molar-refractivity contribution in [3.05, 3.63) is 29.3 Å². The van der Waals surface area contributed by atoms with E-state index in [4.69, 9.17) is 23.8 Å². The Morgan fingerprint density at radius 2 is 1.68 bits per heavy atom. The van der Waals surface area contributed by atoms with E-state index in [9.17, 15) is 24.0 Å². The highest BCUT2D eigenvalue weighted by molar-refractivity contribution is 6.54. The van der Waals surface area contributed by atoms with Gasteiger partial charge in [-0.25, -0.2) is 0 Å². The quantitative estimate of drug-likeness (QED) is 0.265. The minimum absolute atomic E-state index is 0.0206. The van der Waals surface area contributed by atoms with Gasteiger partial charge in [0.2, 0.25) is 5.91 Å². The zero-order chi connectivity index (χ0) is 29.7. The molecule has 0 aliphatic carbocycles. The number of oxime groups is 1. The van der Waals surface area contributed by atoms with Crippen molar-refractivity contribution >= 4 is 41.1 Å². The molecule has 1 N–H and O–H groups in total. The summed E-state index contributed by atoms with van der Waals surface area (Å²) in [5.74, 6) is -2.84. The molecule has 13 heteroatoms. The number of ether oxygens (including phenoxy) is 4. The monoisotopic (exact) mass is 561 g/mol. The number of benzene rings is 1. The van der Waals surface area contributed by atoms with Crippen molar-refractivity contribution in [3.63, 3.8) is 0 Å². The van der Waals surface area contributed by atoms with Crippen LogP contribution in [0, 0.1) is 12.8 Å². The maximum atomic E-state index is 13.4. The molecule has 2 aliphatic heterocycles. The van der Waals surface area contributed by atoms with E-state index in [0.29, 0.717) is 17.8 Å². The molecule has 2 aliphatic rings. The fourth-order valence-electron chi connectivity index (χ4n) is 4.55. The first-order valence-corrected chi connectivity index (χ1v) is 12.9. The number of rotatable bonds is 9. The number of nitrogens with zero attached hydrogens (tertiary/aromatic N) is 2. The van der Waals surface area contributed by atoms with Crippen molar-refractivity contribution < 1.29 is 47.8 Å². The standard InChI is InChI=1S/C27H35N3O10/c1-13(2)11-30-20-9-8-14(3)10-19(20)22(26(30)35)29-40-27-23(28-15(4)31)25(38-18(7)34)24(37-17(6)33)21(39-27)12-36-16(5)32/h8-10,13,21,23-25,27H,11-12H2,1-7H3,(H,28,31)/b29-22+/t21-,23+,24-,25+,27+/m1/s1. The van der Waals surface area contributed by atoms with E-state index in [2.05, 4.69) is 10.5 Å². The molecule has 0 spiro atoms. The van der Waals surface area contributed by atoms with Crippen LogP contribution in [0.5, 0.6) is 0 Å². The molecule has 1 saturated heterocycles. The van der Waals surface area contributed by atoms with Crippen molar-refractivity contribution in [2.75, 3.05) is 18.1 Å². The molecule has 1 aromatic carbocycles. The van der Waals surface area contributed by atoms with Crippen molar-refractivity contribution in [1.82, 2.24) is 5.32 Å². The third-order valence-electron chi connectivity index (χ3n) is 6.01. The second-order valence-corrected chi connectivity index (χ2v) is 10.1. The van der Waals surface area contributed by atoms with Gasteiger partial charge in [0.15, 0.2) is 17.9 Å². The predicted molar refractivity (Wildman–Crippen MR) is 140 cm³/mol. The van der Waals surface area contributed by atoms with E-state index in [1.54, 1.807) is 4.90 Å². The summed E-state index contributed by atoms with van der Waals surface area (Å²) in [7, 11) is 0. The maximum absolute atomic E-state index is 13.4. The van der Waals surface area contributed by atoms with Crippen LogP contribution in [-0.2, 0) is 47.8 Å². The smallest absolute Gasteiger partial charge is 0.303 e. The second kappa shape index (κ2) is 12.9. The van der Waals surface area contributed by atoms with Crippen LogP contribution in [0.4, 0.5) is 5.69 Å². The summed E-state index contributed by atoms with van der Waals surface area (Å²) in [5, 5.41) is 6.74. The van der Waals surface area contributed by atoms with Gasteiger partial charge in [-0.2, -0.15) is 0 Å². The normalized spacial score (nSPS) is 24.9. The van der Waals surface area contributed by atoms with Gasteiger partial charge in [-0.3, -0.25) is 24.0 Å². The fourth-order valence-corrected chi connectivity index (χ4v) is 4.55. The largest absolute Gasteiger partial charge is 0.463 e. The summed E-state index contributed by atoms with van der Waals surface area (Å²) < 4.78 is 21.9. The average molecular weight is 562 g/mol.